The topological polar surface area (TPSA) is 107 Å². The van der Waals surface area contributed by atoms with Gasteiger partial charge in [0.25, 0.3) is 5.91 Å². The van der Waals surface area contributed by atoms with E-state index in [-0.39, 0.29) is 11.6 Å². The second kappa shape index (κ2) is 4.19. The quantitative estimate of drug-likeness (QED) is 0.785. The molecule has 0 atom stereocenters. The third-order valence-electron chi connectivity index (χ3n) is 1.67. The zero-order valence-corrected chi connectivity index (χ0v) is 9.15. The van der Waals surface area contributed by atoms with Gasteiger partial charge in [-0.1, -0.05) is 11.3 Å². The molecule has 82 valence electrons. The highest BCUT2D eigenvalue weighted by Gasteiger charge is 2.10. The molecule has 7 nitrogen and oxygen atoms in total. The predicted octanol–water partition coefficient (Wildman–Crippen LogP) is 0.471. The van der Waals surface area contributed by atoms with Gasteiger partial charge in [-0.2, -0.15) is 0 Å². The van der Waals surface area contributed by atoms with Crippen LogP contribution in [-0.2, 0) is 0 Å². The van der Waals surface area contributed by atoms with Gasteiger partial charge in [-0.15, -0.1) is 10.2 Å². The first-order valence-corrected chi connectivity index (χ1v) is 5.16. The number of nitrogens with two attached hydrogens (primary N) is 1. The molecule has 0 saturated carbocycles. The maximum Gasteiger partial charge on any atom is 0.277 e. The summed E-state index contributed by atoms with van der Waals surface area (Å²) in [5.41, 5.74) is 6.35. The highest BCUT2D eigenvalue weighted by molar-refractivity contribution is 7.19. The van der Waals surface area contributed by atoms with Gasteiger partial charge in [0.2, 0.25) is 10.3 Å². The number of nitrogen functional groups attached to an aromatic ring is 1. The van der Waals surface area contributed by atoms with Crippen LogP contribution >= 0.6 is 11.3 Å². The molecular formula is C8H8N6OS. The number of aryl methyl sites for hydroxylation is 1. The first kappa shape index (κ1) is 10.4. The molecule has 1 amide bonds. The van der Waals surface area contributed by atoms with Crippen LogP contribution in [0.4, 0.5) is 10.3 Å². The van der Waals surface area contributed by atoms with Gasteiger partial charge in [0.15, 0.2) is 0 Å². The molecule has 16 heavy (non-hydrogen) atoms. The standard InChI is InChI=1S/C8H8N6OS/c1-4-2-11-5(3-10-4)6(15)12-8-14-13-7(9)16-8/h2-3H,1H3,(H2,9,13)(H,12,14,15). The third kappa shape index (κ3) is 2.28. The SMILES string of the molecule is Cc1cnc(C(=O)Nc2nnc(N)s2)cn1. The largest absolute Gasteiger partial charge is 0.374 e. The van der Waals surface area contributed by atoms with Crippen LogP contribution in [0.5, 0.6) is 0 Å². The normalized spacial score (nSPS) is 10.1. The first-order valence-electron chi connectivity index (χ1n) is 4.34. The summed E-state index contributed by atoms with van der Waals surface area (Å²) in [6, 6.07) is 0. The van der Waals surface area contributed by atoms with E-state index in [9.17, 15) is 4.79 Å². The van der Waals surface area contributed by atoms with Crippen molar-refractivity contribution in [2.45, 2.75) is 6.92 Å². The van der Waals surface area contributed by atoms with Gasteiger partial charge in [0.05, 0.1) is 11.9 Å². The Kier molecular flexibility index (Phi) is 2.73. The van der Waals surface area contributed by atoms with Gasteiger partial charge >= 0.3 is 0 Å². The fraction of sp³-hybridized carbons (Fsp3) is 0.125. The van der Waals surface area contributed by atoms with Gasteiger partial charge in [0.1, 0.15) is 5.69 Å². The summed E-state index contributed by atoms with van der Waals surface area (Å²) in [5, 5.41) is 10.4. The number of hydrogen-bond donors (Lipinski definition) is 2. The molecule has 2 heterocycles. The molecule has 0 radical (unpaired) electrons. The van der Waals surface area contributed by atoms with E-state index in [4.69, 9.17) is 5.73 Å². The summed E-state index contributed by atoms with van der Waals surface area (Å²) in [7, 11) is 0. The Morgan fingerprint density at radius 2 is 2.19 bits per heavy atom. The van der Waals surface area contributed by atoms with E-state index in [1.807, 2.05) is 0 Å². The van der Waals surface area contributed by atoms with Gasteiger partial charge in [-0.3, -0.25) is 15.1 Å². The van der Waals surface area contributed by atoms with Crippen LogP contribution in [0.25, 0.3) is 0 Å². The second-order valence-electron chi connectivity index (χ2n) is 2.94. The summed E-state index contributed by atoms with van der Waals surface area (Å²) >= 11 is 1.09. The smallest absolute Gasteiger partial charge is 0.277 e. The molecular weight excluding hydrogens is 228 g/mol. The van der Waals surface area contributed by atoms with Crippen molar-refractivity contribution in [3.05, 3.63) is 23.8 Å². The number of rotatable bonds is 2. The monoisotopic (exact) mass is 236 g/mol. The molecule has 0 aliphatic heterocycles. The predicted molar refractivity (Wildman–Crippen MR) is 59.0 cm³/mol. The van der Waals surface area contributed by atoms with Crippen LogP contribution in [0.2, 0.25) is 0 Å². The van der Waals surface area contributed by atoms with E-state index in [1.165, 1.54) is 12.4 Å². The molecule has 3 N–H and O–H groups in total. The Bertz CT molecular complexity index is 508. The van der Waals surface area contributed by atoms with Crippen LogP contribution in [0.3, 0.4) is 0 Å². The Morgan fingerprint density at radius 3 is 2.75 bits per heavy atom. The van der Waals surface area contributed by atoms with Crippen molar-refractivity contribution in [2.24, 2.45) is 0 Å². The van der Waals surface area contributed by atoms with Crippen LogP contribution in [-0.4, -0.2) is 26.1 Å². The molecule has 0 fully saturated rings. The van der Waals surface area contributed by atoms with Gasteiger partial charge < -0.3 is 5.73 Å². The van der Waals surface area contributed by atoms with Crippen molar-refractivity contribution in [1.29, 1.82) is 0 Å². The molecule has 0 aliphatic carbocycles. The Hall–Kier alpha value is -2.09. The zero-order chi connectivity index (χ0) is 11.5. The molecule has 0 aromatic carbocycles. The van der Waals surface area contributed by atoms with Gasteiger partial charge in [-0.05, 0) is 6.92 Å². The van der Waals surface area contributed by atoms with E-state index in [0.29, 0.717) is 10.3 Å². The van der Waals surface area contributed by atoms with E-state index >= 15 is 0 Å². The van der Waals surface area contributed by atoms with E-state index in [0.717, 1.165) is 17.0 Å². The molecule has 0 spiro atoms. The summed E-state index contributed by atoms with van der Waals surface area (Å²) in [4.78, 5) is 19.5. The first-order chi connectivity index (χ1) is 7.65. The highest BCUT2D eigenvalue weighted by Crippen LogP contribution is 2.16. The van der Waals surface area contributed by atoms with E-state index in [1.54, 1.807) is 6.92 Å². The molecule has 2 aromatic rings. The van der Waals surface area contributed by atoms with Crippen molar-refractivity contribution < 1.29 is 4.79 Å². The lowest BCUT2D eigenvalue weighted by Gasteiger charge is -1.99. The number of carbonyl (C=O) groups excluding carboxylic acids is 1. The number of aromatic nitrogens is 4. The number of amides is 1. The van der Waals surface area contributed by atoms with E-state index in [2.05, 4.69) is 25.5 Å². The fourth-order valence-electron chi connectivity index (χ4n) is 0.956. The highest BCUT2D eigenvalue weighted by atomic mass is 32.1. The summed E-state index contributed by atoms with van der Waals surface area (Å²) in [5.74, 6) is -0.386. The minimum atomic E-state index is -0.386. The van der Waals surface area contributed by atoms with E-state index < -0.39 is 0 Å². The van der Waals surface area contributed by atoms with Crippen molar-refractivity contribution in [3.63, 3.8) is 0 Å². The molecule has 2 aromatic heterocycles. The number of nitrogens with one attached hydrogen (secondary N) is 1. The summed E-state index contributed by atoms with van der Waals surface area (Å²) < 4.78 is 0. The number of hydrogen-bond acceptors (Lipinski definition) is 7. The Balaban J connectivity index is 2.11. The van der Waals surface area contributed by atoms with Crippen LogP contribution in [0, 0.1) is 6.92 Å². The maximum absolute atomic E-state index is 11.6. The number of anilines is 2. The lowest BCUT2D eigenvalue weighted by Crippen LogP contribution is -2.13. The number of nitrogens with zero attached hydrogens (tertiary/aromatic N) is 4. The average Bonchev–Trinajstić information content (AvgIpc) is 2.65. The minimum Gasteiger partial charge on any atom is -0.374 e. The summed E-state index contributed by atoms with van der Waals surface area (Å²) in [6.45, 7) is 1.79. The van der Waals surface area contributed by atoms with Crippen molar-refractivity contribution >= 4 is 27.5 Å². The van der Waals surface area contributed by atoms with Crippen molar-refractivity contribution in [1.82, 2.24) is 20.2 Å². The second-order valence-corrected chi connectivity index (χ2v) is 3.95. The molecule has 0 bridgehead atoms. The van der Waals surface area contributed by atoms with Crippen molar-refractivity contribution in [2.75, 3.05) is 11.1 Å². The van der Waals surface area contributed by atoms with Gasteiger partial charge in [-0.25, -0.2) is 4.98 Å². The van der Waals surface area contributed by atoms with Gasteiger partial charge in [0, 0.05) is 6.20 Å². The van der Waals surface area contributed by atoms with Crippen LogP contribution in [0.1, 0.15) is 16.2 Å². The molecule has 8 heteroatoms. The number of carbonyl (C=O) groups is 1. The zero-order valence-electron chi connectivity index (χ0n) is 8.34. The Labute approximate surface area is 94.8 Å². The molecule has 2 rings (SSSR count). The Morgan fingerprint density at radius 1 is 1.38 bits per heavy atom. The van der Waals surface area contributed by atoms with Crippen molar-refractivity contribution in [3.8, 4) is 0 Å². The molecule has 0 aliphatic rings. The van der Waals surface area contributed by atoms with Crippen LogP contribution in [0.15, 0.2) is 12.4 Å². The third-order valence-corrected chi connectivity index (χ3v) is 2.34. The van der Waals surface area contributed by atoms with Crippen LogP contribution < -0.4 is 11.1 Å². The maximum atomic E-state index is 11.6. The average molecular weight is 236 g/mol. The lowest BCUT2D eigenvalue weighted by molar-refractivity contribution is 0.102. The summed E-state index contributed by atoms with van der Waals surface area (Å²) in [6.07, 6.45) is 2.92. The molecule has 0 unspecified atom stereocenters. The fourth-order valence-corrected chi connectivity index (χ4v) is 1.46. The molecule has 0 saturated heterocycles. The lowest BCUT2D eigenvalue weighted by atomic mass is 10.4. The minimum absolute atomic E-state index is 0.222.